The third-order valence-electron chi connectivity index (χ3n) is 2.32. The number of nitro benzene ring substituents is 1. The molecule has 1 aromatic rings. The van der Waals surface area contributed by atoms with Gasteiger partial charge in [-0.1, -0.05) is 11.6 Å². The first-order valence-electron chi connectivity index (χ1n) is 4.79. The number of hydrogen-bond donors (Lipinski definition) is 0. The van der Waals surface area contributed by atoms with Crippen molar-refractivity contribution < 1.29 is 14.4 Å². The largest absolute Gasteiger partial charge is 0.376 e. The molecule has 0 radical (unpaired) electrons. The van der Waals surface area contributed by atoms with Gasteiger partial charge in [-0.25, -0.2) is 0 Å². The number of halogens is 1. The van der Waals surface area contributed by atoms with Gasteiger partial charge >= 0.3 is 0 Å². The van der Waals surface area contributed by atoms with Crippen LogP contribution < -0.4 is 0 Å². The van der Waals surface area contributed by atoms with Crippen LogP contribution in [0.25, 0.3) is 0 Å². The molecule has 0 amide bonds. The van der Waals surface area contributed by atoms with Gasteiger partial charge in [0, 0.05) is 22.7 Å². The maximum atomic E-state index is 10.6. The molecule has 1 saturated heterocycles. The summed E-state index contributed by atoms with van der Waals surface area (Å²) >= 11 is 5.91. The average molecular weight is 244 g/mol. The Morgan fingerprint density at radius 3 is 2.88 bits per heavy atom. The minimum absolute atomic E-state index is 0.0212. The van der Waals surface area contributed by atoms with Gasteiger partial charge in [0.05, 0.1) is 24.7 Å². The number of nitro groups is 1. The number of non-ortho nitro benzene ring substituents is 1. The van der Waals surface area contributed by atoms with Crippen LogP contribution in [0.3, 0.4) is 0 Å². The number of ether oxygens (including phenoxy) is 2. The third kappa shape index (κ3) is 2.49. The quantitative estimate of drug-likeness (QED) is 0.601. The summed E-state index contributed by atoms with van der Waals surface area (Å²) in [6.07, 6.45) is 0.0790. The molecule has 1 aliphatic rings. The van der Waals surface area contributed by atoms with Crippen LogP contribution in [0.4, 0.5) is 5.69 Å². The van der Waals surface area contributed by atoms with Crippen molar-refractivity contribution in [1.29, 1.82) is 0 Å². The molecule has 2 rings (SSSR count). The van der Waals surface area contributed by atoms with Crippen LogP contribution in [-0.4, -0.2) is 24.2 Å². The van der Waals surface area contributed by atoms with Crippen molar-refractivity contribution in [3.8, 4) is 0 Å². The maximum absolute atomic E-state index is 10.6. The van der Waals surface area contributed by atoms with E-state index in [9.17, 15) is 10.1 Å². The molecule has 0 unspecified atom stereocenters. The fourth-order valence-electron chi connectivity index (χ4n) is 1.30. The van der Waals surface area contributed by atoms with Gasteiger partial charge < -0.3 is 9.47 Å². The van der Waals surface area contributed by atoms with Gasteiger partial charge in [-0.05, 0) is 6.07 Å². The van der Waals surface area contributed by atoms with E-state index in [1.165, 1.54) is 18.2 Å². The van der Waals surface area contributed by atoms with Gasteiger partial charge in [0.15, 0.2) is 0 Å². The first-order valence-corrected chi connectivity index (χ1v) is 5.17. The van der Waals surface area contributed by atoms with Crippen molar-refractivity contribution in [1.82, 2.24) is 0 Å². The first kappa shape index (κ1) is 11.3. The zero-order valence-corrected chi connectivity index (χ0v) is 9.14. The average Bonchev–Trinajstić information content (AvgIpc) is 2.18. The lowest BCUT2D eigenvalue weighted by Gasteiger charge is -2.26. The van der Waals surface area contributed by atoms with Crippen molar-refractivity contribution >= 4 is 17.3 Å². The van der Waals surface area contributed by atoms with Crippen LogP contribution in [0.15, 0.2) is 18.2 Å². The normalized spacial score (nSPS) is 15.8. The summed E-state index contributed by atoms with van der Waals surface area (Å²) in [5.41, 5.74) is 0.649. The fourth-order valence-corrected chi connectivity index (χ4v) is 1.48. The molecule has 1 fully saturated rings. The van der Waals surface area contributed by atoms with E-state index in [1.807, 2.05) is 0 Å². The molecular weight excluding hydrogens is 234 g/mol. The van der Waals surface area contributed by atoms with E-state index in [1.54, 1.807) is 0 Å². The highest BCUT2D eigenvalue weighted by Crippen LogP contribution is 2.23. The Labute approximate surface area is 97.1 Å². The van der Waals surface area contributed by atoms with Crippen LogP contribution >= 0.6 is 11.6 Å². The third-order valence-corrected chi connectivity index (χ3v) is 2.69. The van der Waals surface area contributed by atoms with E-state index in [2.05, 4.69) is 0 Å². The van der Waals surface area contributed by atoms with Crippen LogP contribution in [-0.2, 0) is 16.1 Å². The molecule has 1 aliphatic heterocycles. The first-order chi connectivity index (χ1) is 7.66. The van der Waals surface area contributed by atoms with Crippen molar-refractivity contribution in [3.63, 3.8) is 0 Å². The molecule has 6 heteroatoms. The van der Waals surface area contributed by atoms with Crippen LogP contribution in [0, 0.1) is 10.1 Å². The van der Waals surface area contributed by atoms with E-state index < -0.39 is 4.92 Å². The monoisotopic (exact) mass is 243 g/mol. The van der Waals surface area contributed by atoms with Gasteiger partial charge in [0.2, 0.25) is 0 Å². The minimum Gasteiger partial charge on any atom is -0.376 e. The Hall–Kier alpha value is -1.17. The second-order valence-electron chi connectivity index (χ2n) is 3.50. The van der Waals surface area contributed by atoms with Crippen molar-refractivity contribution in [3.05, 3.63) is 38.9 Å². The Morgan fingerprint density at radius 2 is 2.31 bits per heavy atom. The molecule has 0 aromatic heterocycles. The lowest BCUT2D eigenvalue weighted by atomic mass is 10.2. The van der Waals surface area contributed by atoms with E-state index in [4.69, 9.17) is 21.1 Å². The van der Waals surface area contributed by atoms with E-state index >= 15 is 0 Å². The van der Waals surface area contributed by atoms with Crippen LogP contribution in [0.5, 0.6) is 0 Å². The second kappa shape index (κ2) is 4.78. The Kier molecular flexibility index (Phi) is 3.38. The lowest BCUT2D eigenvalue weighted by Crippen LogP contribution is -2.35. The highest BCUT2D eigenvalue weighted by molar-refractivity contribution is 6.31. The molecule has 0 N–H and O–H groups in total. The number of rotatable bonds is 4. The zero-order chi connectivity index (χ0) is 11.5. The summed E-state index contributed by atoms with van der Waals surface area (Å²) in [6, 6.07) is 4.32. The molecule has 1 heterocycles. The molecule has 0 atom stereocenters. The summed E-state index contributed by atoms with van der Waals surface area (Å²) in [7, 11) is 0. The van der Waals surface area contributed by atoms with Crippen molar-refractivity contribution in [2.45, 2.75) is 12.7 Å². The summed E-state index contributed by atoms with van der Waals surface area (Å²) in [4.78, 5) is 10.1. The standard InChI is InChI=1S/C10H10ClNO4/c11-10-2-1-8(12(13)14)3-7(10)4-16-9-5-15-6-9/h1-3,9H,4-6H2. The minimum atomic E-state index is -0.452. The maximum Gasteiger partial charge on any atom is 0.269 e. The van der Waals surface area contributed by atoms with E-state index in [0.29, 0.717) is 23.8 Å². The van der Waals surface area contributed by atoms with Crippen LogP contribution in [0.2, 0.25) is 5.02 Å². The highest BCUT2D eigenvalue weighted by atomic mass is 35.5. The van der Waals surface area contributed by atoms with E-state index in [-0.39, 0.29) is 18.4 Å². The van der Waals surface area contributed by atoms with Gasteiger partial charge in [0.25, 0.3) is 5.69 Å². The number of hydrogen-bond acceptors (Lipinski definition) is 4. The van der Waals surface area contributed by atoms with Crippen molar-refractivity contribution in [2.24, 2.45) is 0 Å². The topological polar surface area (TPSA) is 61.6 Å². The lowest BCUT2D eigenvalue weighted by molar-refractivity contribution is -0.385. The van der Waals surface area contributed by atoms with Gasteiger partial charge in [0.1, 0.15) is 6.10 Å². The Balaban J connectivity index is 2.05. The molecule has 0 spiro atoms. The molecule has 0 aliphatic carbocycles. The number of nitrogens with zero attached hydrogens (tertiary/aromatic N) is 1. The zero-order valence-electron chi connectivity index (χ0n) is 8.39. The summed E-state index contributed by atoms with van der Waals surface area (Å²) < 4.78 is 10.4. The summed E-state index contributed by atoms with van der Waals surface area (Å²) in [5.74, 6) is 0. The Bertz CT molecular complexity index is 406. The van der Waals surface area contributed by atoms with E-state index in [0.717, 1.165) is 0 Å². The fraction of sp³-hybridized carbons (Fsp3) is 0.400. The second-order valence-corrected chi connectivity index (χ2v) is 3.91. The van der Waals surface area contributed by atoms with Gasteiger partial charge in [-0.3, -0.25) is 10.1 Å². The van der Waals surface area contributed by atoms with Crippen molar-refractivity contribution in [2.75, 3.05) is 13.2 Å². The molecule has 16 heavy (non-hydrogen) atoms. The molecule has 5 nitrogen and oxygen atoms in total. The summed E-state index contributed by atoms with van der Waals surface area (Å²) in [6.45, 7) is 1.42. The predicted molar refractivity (Wildman–Crippen MR) is 57.5 cm³/mol. The molecule has 0 bridgehead atoms. The summed E-state index contributed by atoms with van der Waals surface area (Å²) in [5, 5.41) is 11.0. The van der Waals surface area contributed by atoms with Gasteiger partial charge in [-0.15, -0.1) is 0 Å². The van der Waals surface area contributed by atoms with Crippen LogP contribution in [0.1, 0.15) is 5.56 Å². The Morgan fingerprint density at radius 1 is 1.56 bits per heavy atom. The highest BCUT2D eigenvalue weighted by Gasteiger charge is 2.19. The molecule has 0 saturated carbocycles. The number of benzene rings is 1. The van der Waals surface area contributed by atoms with Gasteiger partial charge in [-0.2, -0.15) is 0 Å². The molecule has 86 valence electrons. The molecular formula is C10H10ClNO4. The molecule has 1 aromatic carbocycles. The predicted octanol–water partition coefficient (Wildman–Crippen LogP) is 2.16. The smallest absolute Gasteiger partial charge is 0.269 e. The SMILES string of the molecule is O=[N+]([O-])c1ccc(Cl)c(COC2COC2)c1.